The third-order valence-corrected chi connectivity index (χ3v) is 11.2. The van der Waals surface area contributed by atoms with Crippen LogP contribution in [0.15, 0.2) is 192 Å². The van der Waals surface area contributed by atoms with E-state index < -0.39 is 0 Å². The third kappa shape index (κ3) is 4.81. The van der Waals surface area contributed by atoms with E-state index in [-0.39, 0.29) is 0 Å². The van der Waals surface area contributed by atoms with Gasteiger partial charge in [-0.2, -0.15) is 0 Å². The number of aromatic nitrogens is 5. The number of rotatable bonds is 5. The normalized spacial score (nSPS) is 11.9. The van der Waals surface area contributed by atoms with Gasteiger partial charge in [-0.1, -0.05) is 133 Å². The fourth-order valence-corrected chi connectivity index (χ4v) is 8.65. The molecule has 0 aliphatic heterocycles. The highest BCUT2D eigenvalue weighted by Crippen LogP contribution is 2.44. The molecule has 4 heterocycles. The number of furan rings is 1. The molecule has 0 aliphatic rings. The van der Waals surface area contributed by atoms with Gasteiger partial charge >= 0.3 is 0 Å². The maximum absolute atomic E-state index is 6.70. The van der Waals surface area contributed by atoms with E-state index in [1.807, 2.05) is 48.5 Å². The van der Waals surface area contributed by atoms with Crippen molar-refractivity contribution < 1.29 is 4.42 Å². The summed E-state index contributed by atoms with van der Waals surface area (Å²) in [6, 6.07) is 65.5. The zero-order valence-electron chi connectivity index (χ0n) is 30.5. The molecule has 8 aromatic carbocycles. The number of para-hydroxylation sites is 4. The summed E-state index contributed by atoms with van der Waals surface area (Å²) in [4.78, 5) is 15.7. The van der Waals surface area contributed by atoms with E-state index in [1.165, 1.54) is 0 Å². The zero-order valence-corrected chi connectivity index (χ0v) is 30.5. The average molecular weight is 730 g/mol. The molecule has 12 aromatic rings. The maximum Gasteiger partial charge on any atom is 0.166 e. The van der Waals surface area contributed by atoms with Gasteiger partial charge in [-0.3, -0.25) is 0 Å². The second kappa shape index (κ2) is 12.3. The number of nitrogens with zero attached hydrogens (tertiary/aromatic N) is 5. The lowest BCUT2D eigenvalue weighted by molar-refractivity contribution is 0.673. The molecular weight excluding hydrogens is 699 g/mol. The third-order valence-electron chi connectivity index (χ3n) is 11.2. The fraction of sp³-hybridized carbons (Fsp3) is 0. The molecule has 0 bridgehead atoms. The Bertz CT molecular complexity index is 3450. The fourth-order valence-electron chi connectivity index (χ4n) is 8.65. The molecule has 0 spiro atoms. The molecule has 12 rings (SSSR count). The van der Waals surface area contributed by atoms with E-state index in [9.17, 15) is 0 Å². The first kappa shape index (κ1) is 31.5. The average Bonchev–Trinajstić information content (AvgIpc) is 3.94. The van der Waals surface area contributed by atoms with Crippen LogP contribution in [0, 0.1) is 0 Å². The Hall–Kier alpha value is -7.83. The Labute approximate surface area is 326 Å². The van der Waals surface area contributed by atoms with Gasteiger partial charge in [-0.15, -0.1) is 0 Å². The molecule has 0 aliphatic carbocycles. The van der Waals surface area contributed by atoms with Crippen molar-refractivity contribution in [1.82, 2.24) is 24.1 Å². The SMILES string of the molecule is c1ccc(-c2nc(-c3ccccc3)nc(-c3cc4c(cc3-n3c5ccccc5c5c6oc7ccccc7c6ccc53)c3ccccc3n4-c3ccccc3)n2)cc1. The Balaban J connectivity index is 1.25. The Morgan fingerprint density at radius 1 is 0.368 bits per heavy atom. The van der Waals surface area contributed by atoms with Gasteiger partial charge in [0.1, 0.15) is 11.2 Å². The van der Waals surface area contributed by atoms with Gasteiger partial charge in [-0.05, 0) is 54.6 Å². The molecule has 0 radical (unpaired) electrons. The topological polar surface area (TPSA) is 61.7 Å². The summed E-state index contributed by atoms with van der Waals surface area (Å²) >= 11 is 0. The maximum atomic E-state index is 6.70. The zero-order chi connectivity index (χ0) is 37.5. The minimum atomic E-state index is 0.584. The molecule has 0 fully saturated rings. The van der Waals surface area contributed by atoms with Crippen LogP contribution in [0.2, 0.25) is 0 Å². The minimum absolute atomic E-state index is 0.584. The van der Waals surface area contributed by atoms with Crippen LogP contribution in [0.4, 0.5) is 0 Å². The van der Waals surface area contributed by atoms with Crippen molar-refractivity contribution in [2.75, 3.05) is 0 Å². The Morgan fingerprint density at radius 2 is 0.930 bits per heavy atom. The molecule has 266 valence electrons. The van der Waals surface area contributed by atoms with Crippen LogP contribution in [0.1, 0.15) is 0 Å². The van der Waals surface area contributed by atoms with Gasteiger partial charge < -0.3 is 13.6 Å². The number of fused-ring (bicyclic) bond motifs is 10. The number of hydrogen-bond donors (Lipinski definition) is 0. The summed E-state index contributed by atoms with van der Waals surface area (Å²) in [5.41, 5.74) is 10.8. The molecule has 57 heavy (non-hydrogen) atoms. The first-order chi connectivity index (χ1) is 28.3. The molecule has 0 unspecified atom stereocenters. The molecule has 4 aromatic heterocycles. The van der Waals surface area contributed by atoms with Crippen molar-refractivity contribution in [1.29, 1.82) is 0 Å². The van der Waals surface area contributed by atoms with Gasteiger partial charge in [0.05, 0.1) is 33.1 Å². The second-order valence-corrected chi connectivity index (χ2v) is 14.4. The van der Waals surface area contributed by atoms with E-state index in [2.05, 4.69) is 149 Å². The molecular formula is C51H31N5O. The monoisotopic (exact) mass is 729 g/mol. The van der Waals surface area contributed by atoms with Gasteiger partial charge in [0.2, 0.25) is 0 Å². The minimum Gasteiger partial charge on any atom is -0.455 e. The lowest BCUT2D eigenvalue weighted by atomic mass is 10.1. The molecule has 0 N–H and O–H groups in total. The van der Waals surface area contributed by atoms with Crippen molar-refractivity contribution >= 4 is 65.6 Å². The molecule has 0 saturated heterocycles. The molecule has 0 saturated carbocycles. The van der Waals surface area contributed by atoms with Crippen LogP contribution in [-0.4, -0.2) is 24.1 Å². The molecule has 0 atom stereocenters. The highest BCUT2D eigenvalue weighted by atomic mass is 16.3. The summed E-state index contributed by atoms with van der Waals surface area (Å²) < 4.78 is 11.4. The van der Waals surface area contributed by atoms with Crippen molar-refractivity contribution in [3.05, 3.63) is 188 Å². The van der Waals surface area contributed by atoms with Gasteiger partial charge in [0, 0.05) is 49.3 Å². The quantitative estimate of drug-likeness (QED) is 0.177. The van der Waals surface area contributed by atoms with E-state index in [1.54, 1.807) is 0 Å². The first-order valence-electron chi connectivity index (χ1n) is 19.1. The molecule has 6 heteroatoms. The summed E-state index contributed by atoms with van der Waals surface area (Å²) in [6.07, 6.45) is 0. The Kier molecular flexibility index (Phi) is 6.83. The van der Waals surface area contributed by atoms with Crippen molar-refractivity contribution in [3.63, 3.8) is 0 Å². The summed E-state index contributed by atoms with van der Waals surface area (Å²) in [7, 11) is 0. The smallest absolute Gasteiger partial charge is 0.166 e. The van der Waals surface area contributed by atoms with Crippen LogP contribution in [0.5, 0.6) is 0 Å². The van der Waals surface area contributed by atoms with Crippen LogP contribution in [0.3, 0.4) is 0 Å². The highest BCUT2D eigenvalue weighted by molar-refractivity contribution is 6.24. The summed E-state index contributed by atoms with van der Waals surface area (Å²) in [5.74, 6) is 1.81. The molecule has 0 amide bonds. The van der Waals surface area contributed by atoms with Crippen LogP contribution >= 0.6 is 0 Å². The van der Waals surface area contributed by atoms with Crippen LogP contribution in [0.25, 0.3) is 111 Å². The summed E-state index contributed by atoms with van der Waals surface area (Å²) in [5, 5.41) is 6.68. The molecule has 6 nitrogen and oxygen atoms in total. The lowest BCUT2D eigenvalue weighted by Gasteiger charge is -2.16. The lowest BCUT2D eigenvalue weighted by Crippen LogP contribution is -2.04. The highest BCUT2D eigenvalue weighted by Gasteiger charge is 2.24. The largest absolute Gasteiger partial charge is 0.455 e. The van der Waals surface area contributed by atoms with Gasteiger partial charge in [0.25, 0.3) is 0 Å². The van der Waals surface area contributed by atoms with E-state index >= 15 is 0 Å². The number of hydrogen-bond acceptors (Lipinski definition) is 4. The van der Waals surface area contributed by atoms with E-state index in [4.69, 9.17) is 19.4 Å². The van der Waals surface area contributed by atoms with E-state index in [0.717, 1.165) is 93.6 Å². The van der Waals surface area contributed by atoms with Gasteiger partial charge in [-0.25, -0.2) is 15.0 Å². The van der Waals surface area contributed by atoms with E-state index in [0.29, 0.717) is 17.5 Å². The first-order valence-corrected chi connectivity index (χ1v) is 19.1. The van der Waals surface area contributed by atoms with Crippen molar-refractivity contribution in [2.45, 2.75) is 0 Å². The summed E-state index contributed by atoms with van der Waals surface area (Å²) in [6.45, 7) is 0. The van der Waals surface area contributed by atoms with Crippen LogP contribution in [-0.2, 0) is 0 Å². The second-order valence-electron chi connectivity index (χ2n) is 14.4. The number of benzene rings is 8. The van der Waals surface area contributed by atoms with Crippen LogP contribution < -0.4 is 0 Å². The van der Waals surface area contributed by atoms with Crippen molar-refractivity contribution in [2.24, 2.45) is 0 Å². The predicted octanol–water partition coefficient (Wildman–Crippen LogP) is 13.0. The Morgan fingerprint density at radius 3 is 1.63 bits per heavy atom. The van der Waals surface area contributed by atoms with Crippen molar-refractivity contribution in [3.8, 4) is 45.5 Å². The van der Waals surface area contributed by atoms with Gasteiger partial charge in [0.15, 0.2) is 17.5 Å². The standard InChI is InChI=1S/C51H31N5O/c1-4-16-32(17-5-1)49-52-50(33-18-6-2-7-19-33)54-51(53-49)40-31-44-39(35-22-10-13-25-41(35)55(44)34-20-8-3-9-21-34)30-45(40)56-42-26-14-11-24-38(42)47-43(56)29-28-37-36-23-12-15-27-46(36)57-48(37)47/h1-31H. The predicted molar refractivity (Wildman–Crippen MR) is 232 cm³/mol.